The predicted molar refractivity (Wildman–Crippen MR) is 321 cm³/mol. The van der Waals surface area contributed by atoms with E-state index in [1.54, 1.807) is 12.1 Å². The minimum atomic E-state index is -1.21. The van der Waals surface area contributed by atoms with Crippen LogP contribution in [0.4, 0.5) is 5.69 Å². The van der Waals surface area contributed by atoms with Crippen molar-refractivity contribution in [3.63, 3.8) is 0 Å². The molecule has 0 unspecified atom stereocenters. The van der Waals surface area contributed by atoms with Crippen LogP contribution in [-0.4, -0.2) is 177 Å². The van der Waals surface area contributed by atoms with E-state index in [-0.39, 0.29) is 55.5 Å². The molecule has 6 aliphatic carbocycles. The van der Waals surface area contributed by atoms with Crippen molar-refractivity contribution in [3.05, 3.63) is 76.0 Å². The van der Waals surface area contributed by atoms with Gasteiger partial charge in [-0.25, -0.2) is 0 Å². The van der Waals surface area contributed by atoms with Crippen molar-refractivity contribution >= 4 is 58.0 Å². The number of benzene rings is 3. The molecule has 1 aromatic heterocycles. The number of hydrogen-bond donors (Lipinski definition) is 13. The molecule has 0 radical (unpaired) electrons. The third-order valence-corrected chi connectivity index (χ3v) is 21.3. The fourth-order valence-electron chi connectivity index (χ4n) is 16.9. The molecule has 14 N–H and O–H groups in total. The number of anilines is 1. The molecule has 2 saturated heterocycles. The predicted octanol–water partition coefficient (Wildman–Crippen LogP) is 1.29. The lowest BCUT2D eigenvalue weighted by atomic mass is 9.48. The summed E-state index contributed by atoms with van der Waals surface area (Å²) in [4.78, 5) is 88.7. The van der Waals surface area contributed by atoms with Gasteiger partial charge in [-0.05, 0) is 149 Å². The largest absolute Gasteiger partial charge is 0.504 e. The zero-order chi connectivity index (χ0) is 60.9. The lowest BCUT2D eigenvalue weighted by molar-refractivity contribution is -0.191. The molecule has 88 heavy (non-hydrogen) atoms. The topological polar surface area (TPSA) is 347 Å². The monoisotopic (exact) mass is 1210 g/mol. The molecule has 468 valence electrons. The number of aromatic hydroxyl groups is 2. The molecule has 3 aromatic carbocycles. The molecule has 24 heteroatoms. The Balaban J connectivity index is 0.461. The molecule has 10 aliphatic rings. The molecule has 24 nitrogen and oxygen atoms in total. The summed E-state index contributed by atoms with van der Waals surface area (Å²) in [5.74, 6) is -0.576. The molecule has 3 saturated carbocycles. The van der Waals surface area contributed by atoms with Crippen molar-refractivity contribution in [2.45, 2.75) is 155 Å². The van der Waals surface area contributed by atoms with Gasteiger partial charge in [-0.3, -0.25) is 43.6 Å². The quantitative estimate of drug-likeness (QED) is 0.0283. The van der Waals surface area contributed by atoms with Gasteiger partial charge >= 0.3 is 0 Å². The Bertz CT molecular complexity index is 3550. The van der Waals surface area contributed by atoms with E-state index in [4.69, 9.17) is 15.2 Å². The number of aliphatic hydroxyl groups is 2. The first-order valence-electron chi connectivity index (χ1n) is 31.8. The van der Waals surface area contributed by atoms with Gasteiger partial charge < -0.3 is 77.8 Å². The fraction of sp³-hybridized carbons (Fsp3) is 0.578. The molecule has 4 bridgehead atoms. The van der Waals surface area contributed by atoms with Gasteiger partial charge in [0.15, 0.2) is 35.1 Å². The van der Waals surface area contributed by atoms with Crippen LogP contribution in [0.2, 0.25) is 0 Å². The molecule has 4 aliphatic heterocycles. The lowest BCUT2D eigenvalue weighted by Gasteiger charge is -2.64. The Kier molecular flexibility index (Phi) is 14.8. The van der Waals surface area contributed by atoms with Crippen molar-refractivity contribution in [1.29, 1.82) is 0 Å². The highest BCUT2D eigenvalue weighted by Gasteiger charge is 2.74. The van der Waals surface area contributed by atoms with Gasteiger partial charge in [0, 0.05) is 97.7 Å². The molecule has 9 atom stereocenters. The first-order chi connectivity index (χ1) is 42.4. The van der Waals surface area contributed by atoms with Gasteiger partial charge in [0.05, 0.1) is 53.9 Å². The third-order valence-electron chi connectivity index (χ3n) is 21.3. The molecule has 5 fully saturated rings. The van der Waals surface area contributed by atoms with Gasteiger partial charge in [0.25, 0.3) is 0 Å². The van der Waals surface area contributed by atoms with Gasteiger partial charge in [0.1, 0.15) is 6.10 Å². The number of carbonyl (C=O) groups excluding carboxylic acids is 6. The van der Waals surface area contributed by atoms with Crippen LogP contribution in [0.5, 0.6) is 23.0 Å². The lowest BCUT2D eigenvalue weighted by Crippen LogP contribution is -2.77. The van der Waals surface area contributed by atoms with E-state index in [1.807, 2.05) is 30.3 Å². The van der Waals surface area contributed by atoms with Crippen LogP contribution in [0.15, 0.2) is 47.5 Å². The molecule has 5 heterocycles. The summed E-state index contributed by atoms with van der Waals surface area (Å²) in [7, 11) is 0. The first kappa shape index (κ1) is 58.0. The molecule has 6 amide bonds. The number of carbonyl (C=O) groups is 6. The number of fused-ring (bicyclic) bond motifs is 4. The van der Waals surface area contributed by atoms with Crippen LogP contribution < -0.4 is 52.4 Å². The number of aliphatic imine (C=N–C) groups is 1. The number of nitrogens with zero attached hydrogens (tertiary/aromatic N) is 3. The third kappa shape index (κ3) is 10.0. The van der Waals surface area contributed by atoms with Crippen LogP contribution in [0, 0.1) is 11.8 Å². The van der Waals surface area contributed by atoms with Crippen LogP contribution in [-0.2, 0) is 58.9 Å². The average molecular weight is 1210 g/mol. The molecular formula is C64H80N12O12. The Hall–Kier alpha value is -7.67. The smallest absolute Gasteiger partial charge is 0.239 e. The van der Waals surface area contributed by atoms with Crippen LogP contribution in [0.25, 0.3) is 10.9 Å². The number of nitrogens with one attached hydrogen (secondary N) is 8. The summed E-state index contributed by atoms with van der Waals surface area (Å²) in [6, 6.07) is 12.7. The standard InChI is InChI=1S/C64H80N12O12/c65-60(73-38-10-11-42-40(24-38)41-27-64(86)46-23-37-9-13-44(78)58-55(37)62(64,59(88-58)56(41)74-42)17-21-76(46)33-35-6-7-35)67-19-3-1-2-18-66-50(81)28-70-51(82)29-68-48(79)14-15-49(80)69-30-52(83)71-31-53(84)72-39-25-47-61-16-20-75(32-34-4-5-34)45(63(61,85)26-39)22-36-8-12-43(77)57(87-47)54(36)61/h8-13,24,34-35,39,45-47,59,74,77-78,85-86H,1-7,14-23,25-33H2,(H,66,81)(H,68,79)(H,69,80)(H,70,82)(H,71,83)(H,72,84)(H3,65,67,73)/t39-,45+,46+,47-,59-,61+,62-,63+,64+/m0/s1. The second kappa shape index (κ2) is 22.4. The number of nitrogens with two attached hydrogens (primary N) is 1. The number of aromatic amines is 1. The van der Waals surface area contributed by atoms with E-state index in [9.17, 15) is 49.2 Å². The number of phenols is 2. The maximum atomic E-state index is 13.2. The number of hydrogen-bond acceptors (Lipinski definition) is 15. The number of H-pyrrole nitrogens is 1. The van der Waals surface area contributed by atoms with Crippen LogP contribution in [0.1, 0.15) is 123 Å². The van der Waals surface area contributed by atoms with Crippen molar-refractivity contribution in [3.8, 4) is 23.0 Å². The Morgan fingerprint density at radius 2 is 1.25 bits per heavy atom. The summed E-state index contributed by atoms with van der Waals surface area (Å²) < 4.78 is 13.2. The minimum Gasteiger partial charge on any atom is -0.504 e. The molecular weight excluding hydrogens is 1130 g/mol. The minimum absolute atomic E-state index is 0.0482. The van der Waals surface area contributed by atoms with E-state index in [1.165, 1.54) is 25.7 Å². The van der Waals surface area contributed by atoms with Crippen molar-refractivity contribution < 1.29 is 58.7 Å². The average Bonchev–Trinajstić information content (AvgIpc) is 1.45. The SMILES string of the molecule is NC(=NCCCCCNC(=O)CNC(=O)CNC(=O)CCC(=O)NCC(=O)NCC(=O)N[C@H]1C[C@@H]2Oc3c(O)ccc4c3[C@@]23CCN(CC2CC2)[C@H](C4)[C@]3(O)C1)Nc1ccc2[nH]c3c(c2c1)C[C@@]1(O)[C@H]2Cc4ccc(O)c5c4[C@@]1(CCN2CC1CC1)[C@H]3O5. The summed E-state index contributed by atoms with van der Waals surface area (Å²) >= 11 is 0. The van der Waals surface area contributed by atoms with Gasteiger partial charge in [-0.1, -0.05) is 12.1 Å². The van der Waals surface area contributed by atoms with Crippen LogP contribution in [0.3, 0.4) is 0 Å². The Morgan fingerprint density at radius 1 is 0.670 bits per heavy atom. The van der Waals surface area contributed by atoms with Crippen molar-refractivity contribution in [1.82, 2.24) is 46.7 Å². The highest BCUT2D eigenvalue weighted by atomic mass is 16.5. The van der Waals surface area contributed by atoms with E-state index < -0.39 is 88.8 Å². The summed E-state index contributed by atoms with van der Waals surface area (Å²) in [5, 5.41) is 67.7. The number of unbranched alkanes of at least 4 members (excludes halogenated alkanes) is 2. The number of phenolic OH excluding ortho intramolecular Hbond substituents is 2. The summed E-state index contributed by atoms with van der Waals surface area (Å²) in [6.45, 7) is 2.95. The van der Waals surface area contributed by atoms with E-state index in [0.29, 0.717) is 87.8 Å². The van der Waals surface area contributed by atoms with Crippen LogP contribution >= 0.6 is 0 Å². The summed E-state index contributed by atoms with van der Waals surface area (Å²) in [6.07, 6.45) is 9.46. The molecule has 14 rings (SSSR count). The van der Waals surface area contributed by atoms with E-state index in [0.717, 1.165) is 89.1 Å². The second-order valence-electron chi connectivity index (χ2n) is 26.7. The van der Waals surface area contributed by atoms with Crippen molar-refractivity contribution in [2.24, 2.45) is 22.6 Å². The maximum Gasteiger partial charge on any atom is 0.239 e. The number of piperidine rings is 2. The number of guanidine groups is 1. The second-order valence-corrected chi connectivity index (χ2v) is 26.7. The Morgan fingerprint density at radius 3 is 1.90 bits per heavy atom. The van der Waals surface area contributed by atoms with Gasteiger partial charge in [-0.15, -0.1) is 0 Å². The number of rotatable bonds is 23. The fourth-order valence-corrected chi connectivity index (χ4v) is 16.9. The van der Waals surface area contributed by atoms with E-state index in [2.05, 4.69) is 57.0 Å². The van der Waals surface area contributed by atoms with E-state index >= 15 is 0 Å². The highest BCUT2D eigenvalue weighted by Crippen LogP contribution is 2.70. The van der Waals surface area contributed by atoms with Crippen molar-refractivity contribution in [2.75, 3.05) is 70.8 Å². The highest BCUT2D eigenvalue weighted by molar-refractivity contribution is 5.97. The molecule has 2 spiro atoms. The molecule has 4 aromatic rings. The number of amides is 6. The zero-order valence-corrected chi connectivity index (χ0v) is 49.4. The number of aromatic nitrogens is 1. The van der Waals surface area contributed by atoms with Gasteiger partial charge in [0.2, 0.25) is 35.4 Å². The Labute approximate surface area is 508 Å². The normalized spacial score (nSPS) is 29.1. The maximum absolute atomic E-state index is 13.2. The zero-order valence-electron chi connectivity index (χ0n) is 49.4. The first-order valence-corrected chi connectivity index (χ1v) is 31.8. The summed E-state index contributed by atoms with van der Waals surface area (Å²) in [5.41, 5.74) is 10.5. The number of ether oxygens (including phenoxy) is 2. The number of likely N-dealkylation sites (tertiary alicyclic amines) is 2. The van der Waals surface area contributed by atoms with Gasteiger partial charge in [-0.2, -0.15) is 0 Å².